The average molecular weight is 269 g/mol. The number of fused-ring (bicyclic) bond motifs is 1. The van der Waals surface area contributed by atoms with E-state index in [-0.39, 0.29) is 0 Å². The molecule has 6 heteroatoms. The van der Waals surface area contributed by atoms with Gasteiger partial charge in [0.15, 0.2) is 5.82 Å². The average Bonchev–Trinajstić information content (AvgIpc) is 3.04. The smallest absolute Gasteiger partial charge is 0.240 e. The molecule has 4 rings (SSSR count). The van der Waals surface area contributed by atoms with Crippen LogP contribution >= 0.6 is 0 Å². The van der Waals surface area contributed by atoms with Crippen molar-refractivity contribution >= 4 is 11.0 Å². The standard InChI is InChI=1S/C14H15N5O/c1-2-4-11-10(3-1)16-12(17-11)7-13-18-14(20-19-13)8-15-9-5-6-9/h1-4,9,15H,5-8H2,(H,16,17). The van der Waals surface area contributed by atoms with E-state index in [1.165, 1.54) is 12.8 Å². The summed E-state index contributed by atoms with van der Waals surface area (Å²) in [4.78, 5) is 12.1. The van der Waals surface area contributed by atoms with Gasteiger partial charge in [-0.1, -0.05) is 17.3 Å². The molecule has 6 nitrogen and oxygen atoms in total. The Morgan fingerprint density at radius 1 is 1.25 bits per heavy atom. The molecule has 1 saturated carbocycles. The Morgan fingerprint density at radius 2 is 2.15 bits per heavy atom. The van der Waals surface area contributed by atoms with Crippen molar-refractivity contribution in [1.29, 1.82) is 0 Å². The summed E-state index contributed by atoms with van der Waals surface area (Å²) in [6, 6.07) is 8.59. The van der Waals surface area contributed by atoms with E-state index in [2.05, 4.69) is 25.4 Å². The maximum Gasteiger partial charge on any atom is 0.240 e. The van der Waals surface area contributed by atoms with E-state index in [0.717, 1.165) is 16.9 Å². The van der Waals surface area contributed by atoms with Gasteiger partial charge >= 0.3 is 0 Å². The van der Waals surface area contributed by atoms with E-state index in [0.29, 0.717) is 30.7 Å². The molecular weight excluding hydrogens is 254 g/mol. The maximum absolute atomic E-state index is 5.22. The van der Waals surface area contributed by atoms with Crippen molar-refractivity contribution in [2.75, 3.05) is 0 Å². The van der Waals surface area contributed by atoms with Crippen LogP contribution in [0.4, 0.5) is 0 Å². The van der Waals surface area contributed by atoms with Gasteiger partial charge in [-0.05, 0) is 25.0 Å². The molecule has 0 unspecified atom stereocenters. The number of para-hydroxylation sites is 2. The number of hydrogen-bond acceptors (Lipinski definition) is 5. The molecule has 2 N–H and O–H groups in total. The zero-order valence-corrected chi connectivity index (χ0v) is 11.0. The van der Waals surface area contributed by atoms with Gasteiger partial charge < -0.3 is 14.8 Å². The normalized spacial score (nSPS) is 15.0. The predicted octanol–water partition coefficient (Wildman–Crippen LogP) is 1.79. The SMILES string of the molecule is c1ccc2[nH]c(Cc3noc(CNC4CC4)n3)nc2c1. The summed E-state index contributed by atoms with van der Waals surface area (Å²) in [5.74, 6) is 2.16. The second-order valence-electron chi connectivity index (χ2n) is 5.14. The molecule has 2 heterocycles. The highest BCUT2D eigenvalue weighted by Gasteiger charge is 2.21. The Labute approximate surface area is 115 Å². The number of H-pyrrole nitrogens is 1. The topological polar surface area (TPSA) is 79.6 Å². The molecular formula is C14H15N5O. The van der Waals surface area contributed by atoms with Gasteiger partial charge in [0.2, 0.25) is 5.89 Å². The minimum atomic E-state index is 0.557. The Balaban J connectivity index is 1.47. The van der Waals surface area contributed by atoms with Crippen LogP contribution in [-0.4, -0.2) is 26.2 Å². The van der Waals surface area contributed by atoms with E-state index >= 15 is 0 Å². The molecule has 1 fully saturated rings. The van der Waals surface area contributed by atoms with Gasteiger partial charge in [-0.15, -0.1) is 0 Å². The number of benzene rings is 1. The summed E-state index contributed by atoms with van der Waals surface area (Å²) in [6.07, 6.45) is 3.06. The molecule has 3 aromatic rings. The lowest BCUT2D eigenvalue weighted by atomic mass is 10.3. The van der Waals surface area contributed by atoms with Gasteiger partial charge in [0.25, 0.3) is 0 Å². The van der Waals surface area contributed by atoms with Crippen LogP contribution in [0.5, 0.6) is 0 Å². The van der Waals surface area contributed by atoms with Crippen LogP contribution in [0.1, 0.15) is 30.4 Å². The molecule has 1 aliphatic carbocycles. The molecule has 2 aromatic heterocycles. The highest BCUT2D eigenvalue weighted by Crippen LogP contribution is 2.19. The Morgan fingerprint density at radius 3 is 3.00 bits per heavy atom. The Hall–Kier alpha value is -2.21. The van der Waals surface area contributed by atoms with E-state index in [1.807, 2.05) is 24.3 Å². The van der Waals surface area contributed by atoms with Crippen LogP contribution in [0, 0.1) is 0 Å². The molecule has 0 spiro atoms. The minimum Gasteiger partial charge on any atom is -0.342 e. The molecule has 0 aliphatic heterocycles. The summed E-state index contributed by atoms with van der Waals surface area (Å²) >= 11 is 0. The summed E-state index contributed by atoms with van der Waals surface area (Å²) in [5, 5.41) is 7.35. The summed E-state index contributed by atoms with van der Waals surface area (Å²) in [7, 11) is 0. The van der Waals surface area contributed by atoms with E-state index in [9.17, 15) is 0 Å². The van der Waals surface area contributed by atoms with Crippen molar-refractivity contribution in [3.05, 3.63) is 41.8 Å². The van der Waals surface area contributed by atoms with Gasteiger partial charge in [-0.25, -0.2) is 4.98 Å². The first kappa shape index (κ1) is 11.6. The van der Waals surface area contributed by atoms with Gasteiger partial charge in [0.05, 0.1) is 24.0 Å². The van der Waals surface area contributed by atoms with Gasteiger partial charge in [-0.2, -0.15) is 4.98 Å². The fourth-order valence-electron chi connectivity index (χ4n) is 2.19. The van der Waals surface area contributed by atoms with Gasteiger partial charge in [-0.3, -0.25) is 0 Å². The zero-order chi connectivity index (χ0) is 13.4. The summed E-state index contributed by atoms with van der Waals surface area (Å²) in [5.41, 5.74) is 1.99. The van der Waals surface area contributed by atoms with Gasteiger partial charge in [0, 0.05) is 6.04 Å². The monoisotopic (exact) mass is 269 g/mol. The summed E-state index contributed by atoms with van der Waals surface area (Å²) in [6.45, 7) is 0.651. The fraction of sp³-hybridized carbons (Fsp3) is 0.357. The first-order chi connectivity index (χ1) is 9.87. The third-order valence-electron chi connectivity index (χ3n) is 3.39. The van der Waals surface area contributed by atoms with Crippen LogP contribution in [0.25, 0.3) is 11.0 Å². The third-order valence-corrected chi connectivity index (χ3v) is 3.39. The highest BCUT2D eigenvalue weighted by atomic mass is 16.5. The quantitative estimate of drug-likeness (QED) is 0.738. The van der Waals surface area contributed by atoms with E-state index in [4.69, 9.17) is 4.52 Å². The molecule has 102 valence electrons. The Bertz CT molecular complexity index is 695. The largest absolute Gasteiger partial charge is 0.342 e. The van der Waals surface area contributed by atoms with Crippen molar-refractivity contribution in [2.24, 2.45) is 0 Å². The lowest BCUT2D eigenvalue weighted by Crippen LogP contribution is -2.15. The number of nitrogens with zero attached hydrogens (tertiary/aromatic N) is 3. The lowest BCUT2D eigenvalue weighted by Gasteiger charge is -1.94. The molecule has 0 atom stereocenters. The summed E-state index contributed by atoms with van der Waals surface area (Å²) < 4.78 is 5.22. The van der Waals surface area contributed by atoms with Crippen molar-refractivity contribution < 1.29 is 4.52 Å². The molecule has 1 aliphatic rings. The molecule has 0 amide bonds. The zero-order valence-electron chi connectivity index (χ0n) is 11.0. The minimum absolute atomic E-state index is 0.557. The lowest BCUT2D eigenvalue weighted by molar-refractivity contribution is 0.363. The maximum atomic E-state index is 5.22. The molecule has 20 heavy (non-hydrogen) atoms. The molecule has 0 bridgehead atoms. The van der Waals surface area contributed by atoms with Crippen molar-refractivity contribution in [1.82, 2.24) is 25.4 Å². The Kier molecular flexibility index (Phi) is 2.74. The van der Waals surface area contributed by atoms with E-state index < -0.39 is 0 Å². The number of aromatic amines is 1. The van der Waals surface area contributed by atoms with Crippen molar-refractivity contribution in [2.45, 2.75) is 31.8 Å². The second kappa shape index (κ2) is 4.72. The predicted molar refractivity (Wildman–Crippen MR) is 73.1 cm³/mol. The number of hydrogen-bond donors (Lipinski definition) is 2. The van der Waals surface area contributed by atoms with Crippen LogP contribution in [0.3, 0.4) is 0 Å². The molecule has 1 aromatic carbocycles. The van der Waals surface area contributed by atoms with Crippen LogP contribution in [0.2, 0.25) is 0 Å². The van der Waals surface area contributed by atoms with Crippen molar-refractivity contribution in [3.63, 3.8) is 0 Å². The molecule has 0 saturated heterocycles. The first-order valence-electron chi connectivity index (χ1n) is 6.85. The second-order valence-corrected chi connectivity index (χ2v) is 5.14. The van der Waals surface area contributed by atoms with Gasteiger partial charge in [0.1, 0.15) is 5.82 Å². The van der Waals surface area contributed by atoms with Crippen LogP contribution in [0.15, 0.2) is 28.8 Å². The number of imidazole rings is 1. The number of aromatic nitrogens is 4. The number of nitrogens with one attached hydrogen (secondary N) is 2. The van der Waals surface area contributed by atoms with E-state index in [1.54, 1.807) is 0 Å². The highest BCUT2D eigenvalue weighted by molar-refractivity contribution is 5.74. The van der Waals surface area contributed by atoms with Crippen LogP contribution in [-0.2, 0) is 13.0 Å². The molecule has 0 radical (unpaired) electrons. The van der Waals surface area contributed by atoms with Crippen molar-refractivity contribution in [3.8, 4) is 0 Å². The third kappa shape index (κ3) is 2.42. The first-order valence-corrected chi connectivity index (χ1v) is 6.85. The van der Waals surface area contributed by atoms with Crippen LogP contribution < -0.4 is 5.32 Å². The number of rotatable bonds is 5. The fourth-order valence-corrected chi connectivity index (χ4v) is 2.19.